The zero-order valence-electron chi connectivity index (χ0n) is 9.33. The van der Waals surface area contributed by atoms with Gasteiger partial charge in [-0.1, -0.05) is 26.2 Å². The van der Waals surface area contributed by atoms with Crippen LogP contribution in [0.3, 0.4) is 0 Å². The Balaban J connectivity index is 2.21. The molecule has 86 valence electrons. The molecule has 2 N–H and O–H groups in total. The molecule has 0 spiro atoms. The molecular formula is C12H20O3. The van der Waals surface area contributed by atoms with Crippen LogP contribution in [0, 0.1) is 10.8 Å². The molecule has 2 aliphatic rings. The largest absolute Gasteiger partial charge is 0.481 e. The average molecular weight is 212 g/mol. The molecule has 0 aromatic heterocycles. The third-order valence-corrected chi connectivity index (χ3v) is 4.69. The van der Waals surface area contributed by atoms with Crippen molar-refractivity contribution in [3.63, 3.8) is 0 Å². The van der Waals surface area contributed by atoms with Gasteiger partial charge in [0.25, 0.3) is 0 Å². The minimum atomic E-state index is -0.697. The van der Waals surface area contributed by atoms with Gasteiger partial charge in [-0.25, -0.2) is 0 Å². The standard InChI is InChI=1S/C12H20O3/c1-11(5-3-2-4-6-11)12(10(14)15)7-9(13)8-12/h9,13H,2-8H2,1H3,(H,14,15). The summed E-state index contributed by atoms with van der Waals surface area (Å²) >= 11 is 0. The van der Waals surface area contributed by atoms with E-state index in [-0.39, 0.29) is 11.5 Å². The SMILES string of the molecule is CC1(C2(C(=O)O)CC(O)C2)CCCCC1. The Morgan fingerprint density at radius 3 is 2.13 bits per heavy atom. The number of hydrogen-bond acceptors (Lipinski definition) is 2. The fourth-order valence-corrected chi connectivity index (χ4v) is 3.48. The highest BCUT2D eigenvalue weighted by Crippen LogP contribution is 2.59. The number of aliphatic hydroxyl groups is 1. The summed E-state index contributed by atoms with van der Waals surface area (Å²) in [7, 11) is 0. The van der Waals surface area contributed by atoms with E-state index in [4.69, 9.17) is 0 Å². The lowest BCUT2D eigenvalue weighted by molar-refractivity contribution is -0.186. The minimum Gasteiger partial charge on any atom is -0.481 e. The van der Waals surface area contributed by atoms with E-state index in [2.05, 4.69) is 6.92 Å². The van der Waals surface area contributed by atoms with Gasteiger partial charge in [0.05, 0.1) is 11.5 Å². The Bertz CT molecular complexity index is 260. The van der Waals surface area contributed by atoms with Crippen molar-refractivity contribution in [3.8, 4) is 0 Å². The zero-order valence-corrected chi connectivity index (χ0v) is 9.33. The molecule has 2 fully saturated rings. The molecule has 2 rings (SSSR count). The van der Waals surface area contributed by atoms with Crippen LogP contribution >= 0.6 is 0 Å². The van der Waals surface area contributed by atoms with Crippen LogP contribution in [0.5, 0.6) is 0 Å². The highest BCUT2D eigenvalue weighted by molar-refractivity contribution is 5.77. The minimum absolute atomic E-state index is 0.0870. The van der Waals surface area contributed by atoms with E-state index >= 15 is 0 Å². The van der Waals surface area contributed by atoms with Gasteiger partial charge in [0, 0.05) is 0 Å². The molecule has 15 heavy (non-hydrogen) atoms. The van der Waals surface area contributed by atoms with E-state index in [1.807, 2.05) is 0 Å². The van der Waals surface area contributed by atoms with Crippen LogP contribution in [-0.4, -0.2) is 22.3 Å². The summed E-state index contributed by atoms with van der Waals surface area (Å²) in [6.07, 6.45) is 6.05. The maximum Gasteiger partial charge on any atom is 0.310 e. The molecule has 0 heterocycles. The van der Waals surface area contributed by atoms with Crippen molar-refractivity contribution in [2.24, 2.45) is 10.8 Å². The number of carboxylic acid groups (broad SMARTS) is 1. The summed E-state index contributed by atoms with van der Waals surface area (Å²) in [5.41, 5.74) is -0.719. The van der Waals surface area contributed by atoms with E-state index in [0.717, 1.165) is 25.7 Å². The van der Waals surface area contributed by atoms with Crippen LogP contribution in [-0.2, 0) is 4.79 Å². The molecule has 3 nitrogen and oxygen atoms in total. The van der Waals surface area contributed by atoms with E-state index in [1.54, 1.807) is 0 Å². The molecular weight excluding hydrogens is 192 g/mol. The Labute approximate surface area is 90.5 Å². The molecule has 0 saturated heterocycles. The quantitative estimate of drug-likeness (QED) is 0.737. The van der Waals surface area contributed by atoms with Crippen LogP contribution in [0.4, 0.5) is 0 Å². The summed E-state index contributed by atoms with van der Waals surface area (Å²) in [5.74, 6) is -0.697. The van der Waals surface area contributed by atoms with Crippen LogP contribution < -0.4 is 0 Å². The van der Waals surface area contributed by atoms with Crippen molar-refractivity contribution >= 4 is 5.97 Å². The Hall–Kier alpha value is -0.570. The summed E-state index contributed by atoms with van der Waals surface area (Å²) in [4.78, 5) is 11.4. The van der Waals surface area contributed by atoms with Gasteiger partial charge < -0.3 is 10.2 Å². The van der Waals surface area contributed by atoms with Crippen molar-refractivity contribution in [1.82, 2.24) is 0 Å². The van der Waals surface area contributed by atoms with E-state index < -0.39 is 11.4 Å². The highest BCUT2D eigenvalue weighted by atomic mass is 16.4. The first-order valence-electron chi connectivity index (χ1n) is 5.92. The lowest BCUT2D eigenvalue weighted by Crippen LogP contribution is -2.57. The van der Waals surface area contributed by atoms with Gasteiger partial charge >= 0.3 is 5.97 Å². The number of aliphatic hydroxyl groups excluding tert-OH is 1. The first-order chi connectivity index (χ1) is 7.00. The van der Waals surface area contributed by atoms with Gasteiger partial charge in [0.2, 0.25) is 0 Å². The second-order valence-electron chi connectivity index (χ2n) is 5.57. The predicted octanol–water partition coefficient (Wildman–Crippen LogP) is 2.18. The number of carboxylic acids is 1. The summed E-state index contributed by atoms with van der Waals surface area (Å²) in [6, 6.07) is 0. The smallest absolute Gasteiger partial charge is 0.310 e. The molecule has 0 amide bonds. The van der Waals surface area contributed by atoms with Gasteiger partial charge in [0.15, 0.2) is 0 Å². The third kappa shape index (κ3) is 1.48. The normalized spacial score (nSPS) is 39.5. The predicted molar refractivity (Wildman–Crippen MR) is 56.5 cm³/mol. The first-order valence-corrected chi connectivity index (χ1v) is 5.92. The summed E-state index contributed by atoms with van der Waals surface area (Å²) < 4.78 is 0. The van der Waals surface area contributed by atoms with Crippen molar-refractivity contribution < 1.29 is 15.0 Å². The van der Waals surface area contributed by atoms with Gasteiger partial charge in [-0.05, 0) is 31.1 Å². The number of carbonyl (C=O) groups is 1. The van der Waals surface area contributed by atoms with Gasteiger partial charge in [0.1, 0.15) is 0 Å². The Kier molecular flexibility index (Phi) is 2.53. The van der Waals surface area contributed by atoms with Crippen LogP contribution in [0.25, 0.3) is 0 Å². The number of aliphatic carboxylic acids is 1. The molecule has 0 aliphatic heterocycles. The van der Waals surface area contributed by atoms with Gasteiger partial charge in [-0.2, -0.15) is 0 Å². The second kappa shape index (κ2) is 3.48. The summed E-state index contributed by atoms with van der Waals surface area (Å²) in [6.45, 7) is 2.10. The van der Waals surface area contributed by atoms with E-state index in [1.165, 1.54) is 6.42 Å². The molecule has 0 atom stereocenters. The first kappa shape index (κ1) is 10.9. The molecule has 2 aliphatic carbocycles. The molecule has 0 bridgehead atoms. The van der Waals surface area contributed by atoms with Crippen molar-refractivity contribution in [2.45, 2.75) is 58.0 Å². The van der Waals surface area contributed by atoms with Crippen LogP contribution in [0.15, 0.2) is 0 Å². The monoisotopic (exact) mass is 212 g/mol. The fourth-order valence-electron chi connectivity index (χ4n) is 3.48. The Morgan fingerprint density at radius 2 is 1.73 bits per heavy atom. The van der Waals surface area contributed by atoms with E-state index in [9.17, 15) is 15.0 Å². The third-order valence-electron chi connectivity index (χ3n) is 4.69. The number of hydrogen-bond donors (Lipinski definition) is 2. The maximum atomic E-state index is 11.4. The molecule has 0 aromatic carbocycles. The molecule has 0 unspecified atom stereocenters. The van der Waals surface area contributed by atoms with Gasteiger partial charge in [-0.15, -0.1) is 0 Å². The molecule has 3 heteroatoms. The van der Waals surface area contributed by atoms with Crippen molar-refractivity contribution in [1.29, 1.82) is 0 Å². The lowest BCUT2D eigenvalue weighted by atomic mass is 9.49. The summed E-state index contributed by atoms with van der Waals surface area (Å²) in [5, 5.41) is 18.8. The van der Waals surface area contributed by atoms with Crippen LogP contribution in [0.1, 0.15) is 51.9 Å². The zero-order chi connectivity index (χ0) is 11.1. The maximum absolute atomic E-state index is 11.4. The number of rotatable bonds is 2. The molecule has 0 radical (unpaired) electrons. The molecule has 2 saturated carbocycles. The Morgan fingerprint density at radius 1 is 1.20 bits per heavy atom. The molecule has 0 aromatic rings. The van der Waals surface area contributed by atoms with Gasteiger partial charge in [-0.3, -0.25) is 4.79 Å². The van der Waals surface area contributed by atoms with E-state index in [0.29, 0.717) is 12.8 Å². The topological polar surface area (TPSA) is 57.5 Å². The van der Waals surface area contributed by atoms with Crippen molar-refractivity contribution in [2.75, 3.05) is 0 Å². The second-order valence-corrected chi connectivity index (χ2v) is 5.57. The van der Waals surface area contributed by atoms with Crippen molar-refractivity contribution in [3.05, 3.63) is 0 Å². The van der Waals surface area contributed by atoms with Crippen LogP contribution in [0.2, 0.25) is 0 Å². The fraction of sp³-hybridized carbons (Fsp3) is 0.917. The average Bonchev–Trinajstić information content (AvgIpc) is 2.13. The highest BCUT2D eigenvalue weighted by Gasteiger charge is 2.60. The lowest BCUT2D eigenvalue weighted by Gasteiger charge is -2.55.